The van der Waals surface area contributed by atoms with E-state index in [1.807, 2.05) is 0 Å². The van der Waals surface area contributed by atoms with E-state index in [0.29, 0.717) is 0 Å². The van der Waals surface area contributed by atoms with Crippen LogP contribution in [0.25, 0.3) is 0 Å². The van der Waals surface area contributed by atoms with Crippen molar-refractivity contribution in [3.8, 4) is 5.75 Å². The Hall–Kier alpha value is -0.610. The third kappa shape index (κ3) is 2.07. The maximum Gasteiger partial charge on any atom is 0.267 e. The molecule has 0 unspecified atom stereocenters. The molecule has 0 aromatic carbocycles. The van der Waals surface area contributed by atoms with E-state index in [1.54, 1.807) is 0 Å². The zero-order valence-corrected chi connectivity index (χ0v) is 8.74. The van der Waals surface area contributed by atoms with Crippen molar-refractivity contribution in [3.63, 3.8) is 0 Å². The van der Waals surface area contributed by atoms with E-state index >= 15 is 0 Å². The van der Waals surface area contributed by atoms with Crippen LogP contribution in [0.3, 0.4) is 0 Å². The molecule has 0 atom stereocenters. The summed E-state index contributed by atoms with van der Waals surface area (Å²) in [6, 6.07) is 0. The maximum absolute atomic E-state index is 12.6. The molecule has 0 amide bonds. The van der Waals surface area contributed by atoms with Crippen molar-refractivity contribution in [1.29, 1.82) is 0 Å². The summed E-state index contributed by atoms with van der Waals surface area (Å²) in [5, 5.41) is -0.239. The molecule has 2 nitrogen and oxygen atoms in total. The standard InChI is InChI=1S/C8H7Cl2F2NO/c1-14-5-3-13-7(10)6(8(11)12)4(5)2-9/h3,8H,2H2,1H3. The smallest absolute Gasteiger partial charge is 0.267 e. The molecule has 1 aromatic rings. The lowest BCUT2D eigenvalue weighted by Gasteiger charge is -2.11. The van der Waals surface area contributed by atoms with E-state index in [4.69, 9.17) is 27.9 Å². The highest BCUT2D eigenvalue weighted by Gasteiger charge is 2.21. The fraction of sp³-hybridized carbons (Fsp3) is 0.375. The lowest BCUT2D eigenvalue weighted by atomic mass is 10.1. The lowest BCUT2D eigenvalue weighted by molar-refractivity contribution is 0.149. The van der Waals surface area contributed by atoms with Gasteiger partial charge in [0.15, 0.2) is 0 Å². The van der Waals surface area contributed by atoms with Crippen molar-refractivity contribution < 1.29 is 13.5 Å². The minimum absolute atomic E-state index is 0.0922. The summed E-state index contributed by atoms with van der Waals surface area (Å²) in [4.78, 5) is 3.58. The van der Waals surface area contributed by atoms with Crippen molar-refractivity contribution in [3.05, 3.63) is 22.5 Å². The van der Waals surface area contributed by atoms with Crippen LogP contribution in [-0.4, -0.2) is 12.1 Å². The molecule has 0 saturated heterocycles. The first-order chi connectivity index (χ1) is 6.61. The Labute approximate surface area is 89.8 Å². The number of hydrogen-bond acceptors (Lipinski definition) is 2. The van der Waals surface area contributed by atoms with Crippen LogP contribution in [0, 0.1) is 0 Å². The molecule has 6 heteroatoms. The fourth-order valence-corrected chi connectivity index (χ4v) is 1.58. The normalized spacial score (nSPS) is 10.7. The van der Waals surface area contributed by atoms with Gasteiger partial charge in [0.2, 0.25) is 0 Å². The van der Waals surface area contributed by atoms with Gasteiger partial charge in [-0.25, -0.2) is 13.8 Å². The first kappa shape index (κ1) is 11.5. The molecule has 0 fully saturated rings. The number of halogens is 4. The van der Waals surface area contributed by atoms with Gasteiger partial charge in [0, 0.05) is 5.56 Å². The summed E-state index contributed by atoms with van der Waals surface area (Å²) in [5.74, 6) is 0.130. The van der Waals surface area contributed by atoms with Crippen molar-refractivity contribution in [2.24, 2.45) is 0 Å². The van der Waals surface area contributed by atoms with Crippen molar-refractivity contribution in [2.45, 2.75) is 12.3 Å². The minimum atomic E-state index is -2.71. The Morgan fingerprint density at radius 1 is 1.57 bits per heavy atom. The second-order valence-corrected chi connectivity index (χ2v) is 3.07. The van der Waals surface area contributed by atoms with Gasteiger partial charge in [-0.15, -0.1) is 11.6 Å². The third-order valence-corrected chi connectivity index (χ3v) is 2.28. The van der Waals surface area contributed by atoms with Crippen molar-refractivity contribution in [1.82, 2.24) is 4.98 Å². The third-order valence-electron chi connectivity index (χ3n) is 1.71. The van der Waals surface area contributed by atoms with Crippen LogP contribution in [0.2, 0.25) is 5.15 Å². The van der Waals surface area contributed by atoms with Gasteiger partial charge in [-0.2, -0.15) is 0 Å². The molecule has 0 saturated carbocycles. The van der Waals surface area contributed by atoms with Gasteiger partial charge in [0.1, 0.15) is 10.9 Å². The van der Waals surface area contributed by atoms with Gasteiger partial charge in [-0.1, -0.05) is 11.6 Å². The number of methoxy groups -OCH3 is 1. The molecule has 1 heterocycles. The molecular weight excluding hydrogens is 235 g/mol. The number of rotatable bonds is 3. The average Bonchev–Trinajstić information content (AvgIpc) is 2.16. The second kappa shape index (κ2) is 4.75. The zero-order valence-electron chi connectivity index (χ0n) is 7.23. The van der Waals surface area contributed by atoms with Crippen LogP contribution in [0.1, 0.15) is 17.6 Å². The quantitative estimate of drug-likeness (QED) is 0.598. The molecule has 0 spiro atoms. The number of alkyl halides is 3. The average molecular weight is 242 g/mol. The minimum Gasteiger partial charge on any atom is -0.495 e. The van der Waals surface area contributed by atoms with Crippen molar-refractivity contribution >= 4 is 23.2 Å². The highest BCUT2D eigenvalue weighted by atomic mass is 35.5. The predicted octanol–water partition coefficient (Wildman–Crippen LogP) is 3.42. The second-order valence-electron chi connectivity index (χ2n) is 2.44. The van der Waals surface area contributed by atoms with E-state index in [2.05, 4.69) is 4.98 Å². The van der Waals surface area contributed by atoms with Crippen LogP contribution in [0.4, 0.5) is 8.78 Å². The topological polar surface area (TPSA) is 22.1 Å². The van der Waals surface area contributed by atoms with E-state index in [9.17, 15) is 8.78 Å². The Kier molecular flexibility index (Phi) is 3.89. The number of aromatic nitrogens is 1. The van der Waals surface area contributed by atoms with Gasteiger partial charge in [0.05, 0.1) is 24.8 Å². The molecule has 0 aliphatic rings. The molecule has 0 radical (unpaired) electrons. The molecule has 1 rings (SSSR count). The van der Waals surface area contributed by atoms with Gasteiger partial charge < -0.3 is 4.74 Å². The maximum atomic E-state index is 12.6. The SMILES string of the molecule is COc1cnc(Cl)c(C(F)F)c1CCl. The van der Waals surface area contributed by atoms with Gasteiger partial charge in [0.25, 0.3) is 6.43 Å². The van der Waals surface area contributed by atoms with Crippen LogP contribution in [-0.2, 0) is 5.88 Å². The summed E-state index contributed by atoms with van der Waals surface area (Å²) < 4.78 is 29.9. The number of hydrogen-bond donors (Lipinski definition) is 0. The fourth-order valence-electron chi connectivity index (χ4n) is 1.06. The molecular formula is C8H7Cl2F2NO. The van der Waals surface area contributed by atoms with Crippen molar-refractivity contribution in [2.75, 3.05) is 7.11 Å². The van der Waals surface area contributed by atoms with Crippen LogP contribution < -0.4 is 4.74 Å². The largest absolute Gasteiger partial charge is 0.495 e. The van der Waals surface area contributed by atoms with Gasteiger partial charge in [-0.05, 0) is 0 Å². The van der Waals surface area contributed by atoms with E-state index in [1.165, 1.54) is 13.3 Å². The summed E-state index contributed by atoms with van der Waals surface area (Å²) in [7, 11) is 1.36. The number of ether oxygens (including phenoxy) is 1. The first-order valence-corrected chi connectivity index (χ1v) is 4.58. The Morgan fingerprint density at radius 3 is 2.64 bits per heavy atom. The molecule has 14 heavy (non-hydrogen) atoms. The summed E-state index contributed by atoms with van der Waals surface area (Å²) in [6.45, 7) is 0. The van der Waals surface area contributed by atoms with Crippen LogP contribution >= 0.6 is 23.2 Å². The summed E-state index contributed by atoms with van der Waals surface area (Å²) in [6.07, 6.45) is -1.44. The van der Waals surface area contributed by atoms with Gasteiger partial charge >= 0.3 is 0 Å². The van der Waals surface area contributed by atoms with Crippen LogP contribution in [0.5, 0.6) is 5.75 Å². The molecule has 0 aliphatic carbocycles. The predicted molar refractivity (Wildman–Crippen MR) is 50.3 cm³/mol. The zero-order chi connectivity index (χ0) is 10.7. The molecule has 1 aromatic heterocycles. The molecule has 0 bridgehead atoms. The Bertz CT molecular complexity index is 333. The highest BCUT2D eigenvalue weighted by Crippen LogP contribution is 2.34. The molecule has 0 N–H and O–H groups in total. The first-order valence-electron chi connectivity index (χ1n) is 3.67. The Balaban J connectivity index is 3.35. The van der Waals surface area contributed by atoms with E-state index in [-0.39, 0.29) is 27.9 Å². The Morgan fingerprint density at radius 2 is 2.21 bits per heavy atom. The molecule has 0 aliphatic heterocycles. The highest BCUT2D eigenvalue weighted by molar-refractivity contribution is 6.30. The van der Waals surface area contributed by atoms with E-state index < -0.39 is 6.43 Å². The number of pyridine rings is 1. The number of nitrogens with zero attached hydrogens (tertiary/aromatic N) is 1. The van der Waals surface area contributed by atoms with Gasteiger partial charge in [-0.3, -0.25) is 0 Å². The summed E-state index contributed by atoms with van der Waals surface area (Å²) >= 11 is 11.1. The van der Waals surface area contributed by atoms with E-state index in [0.717, 1.165) is 0 Å². The van der Waals surface area contributed by atoms with Crippen LogP contribution in [0.15, 0.2) is 6.20 Å². The molecule has 78 valence electrons. The lowest BCUT2D eigenvalue weighted by Crippen LogP contribution is -2.00. The monoisotopic (exact) mass is 241 g/mol. The summed E-state index contributed by atoms with van der Waals surface area (Å²) in [5.41, 5.74) is -0.176.